The zero-order valence-corrected chi connectivity index (χ0v) is 11.7. The standard InChI is InChI=1S/C14H23NS/c1-5-14(4)11(9-12(14)15-6-2)13-10(3)7-8-16-13/h7-8,11-12,15H,5-6,9H2,1-4H3. The van der Waals surface area contributed by atoms with Gasteiger partial charge >= 0.3 is 0 Å². The number of nitrogens with one attached hydrogen (secondary N) is 1. The lowest BCUT2D eigenvalue weighted by Gasteiger charge is -2.54. The molecule has 0 radical (unpaired) electrons. The molecule has 0 aliphatic heterocycles. The van der Waals surface area contributed by atoms with Gasteiger partial charge in [-0.15, -0.1) is 11.3 Å². The van der Waals surface area contributed by atoms with E-state index in [-0.39, 0.29) is 0 Å². The molecule has 1 heterocycles. The summed E-state index contributed by atoms with van der Waals surface area (Å²) in [4.78, 5) is 1.62. The number of thiophene rings is 1. The van der Waals surface area contributed by atoms with E-state index in [1.54, 1.807) is 4.88 Å². The molecule has 16 heavy (non-hydrogen) atoms. The van der Waals surface area contributed by atoms with Crippen LogP contribution in [0.1, 0.15) is 50.0 Å². The fourth-order valence-corrected chi connectivity index (χ4v) is 4.26. The molecule has 3 unspecified atom stereocenters. The van der Waals surface area contributed by atoms with E-state index in [0.29, 0.717) is 11.5 Å². The van der Waals surface area contributed by atoms with E-state index in [9.17, 15) is 0 Å². The molecule has 1 aliphatic carbocycles. The van der Waals surface area contributed by atoms with Crippen molar-refractivity contribution >= 4 is 11.3 Å². The molecule has 1 aliphatic rings. The van der Waals surface area contributed by atoms with Crippen LogP contribution in [0.4, 0.5) is 0 Å². The van der Waals surface area contributed by atoms with Gasteiger partial charge < -0.3 is 5.32 Å². The highest BCUT2D eigenvalue weighted by Crippen LogP contribution is 2.56. The minimum atomic E-state index is 0.464. The van der Waals surface area contributed by atoms with E-state index in [1.807, 2.05) is 11.3 Å². The molecule has 1 fully saturated rings. The van der Waals surface area contributed by atoms with Crippen LogP contribution in [0, 0.1) is 12.3 Å². The first kappa shape index (κ1) is 12.1. The van der Waals surface area contributed by atoms with Gasteiger partial charge in [-0.3, -0.25) is 0 Å². The van der Waals surface area contributed by atoms with Crippen LogP contribution in [0.5, 0.6) is 0 Å². The smallest absolute Gasteiger partial charge is 0.0133 e. The summed E-state index contributed by atoms with van der Waals surface area (Å²) in [6.45, 7) is 10.3. The van der Waals surface area contributed by atoms with Crippen molar-refractivity contribution in [1.29, 1.82) is 0 Å². The van der Waals surface area contributed by atoms with Crippen molar-refractivity contribution in [1.82, 2.24) is 5.32 Å². The third-order valence-corrected chi connectivity index (χ3v) is 5.63. The van der Waals surface area contributed by atoms with Gasteiger partial charge in [0.15, 0.2) is 0 Å². The highest BCUT2D eigenvalue weighted by molar-refractivity contribution is 7.10. The quantitative estimate of drug-likeness (QED) is 0.836. The van der Waals surface area contributed by atoms with Crippen molar-refractivity contribution < 1.29 is 0 Å². The molecule has 1 saturated carbocycles. The summed E-state index contributed by atoms with van der Waals surface area (Å²) >= 11 is 1.94. The Hall–Kier alpha value is -0.340. The summed E-state index contributed by atoms with van der Waals surface area (Å²) in [5, 5.41) is 5.88. The zero-order valence-electron chi connectivity index (χ0n) is 10.8. The van der Waals surface area contributed by atoms with Crippen LogP contribution in [0.25, 0.3) is 0 Å². The van der Waals surface area contributed by atoms with E-state index >= 15 is 0 Å². The summed E-state index contributed by atoms with van der Waals surface area (Å²) in [5.41, 5.74) is 1.95. The average molecular weight is 237 g/mol. The van der Waals surface area contributed by atoms with Gasteiger partial charge in [-0.2, -0.15) is 0 Å². The Morgan fingerprint density at radius 2 is 2.25 bits per heavy atom. The Kier molecular flexibility index (Phi) is 3.41. The predicted octanol–water partition coefficient (Wildman–Crippen LogP) is 3.94. The van der Waals surface area contributed by atoms with Crippen LogP contribution in [0.15, 0.2) is 11.4 Å². The van der Waals surface area contributed by atoms with Gasteiger partial charge in [-0.1, -0.05) is 20.8 Å². The maximum atomic E-state index is 3.64. The van der Waals surface area contributed by atoms with Crippen LogP contribution >= 0.6 is 11.3 Å². The molecule has 0 amide bonds. The molecule has 90 valence electrons. The van der Waals surface area contributed by atoms with Gasteiger partial charge in [0.2, 0.25) is 0 Å². The first-order chi connectivity index (χ1) is 7.63. The molecule has 1 N–H and O–H groups in total. The van der Waals surface area contributed by atoms with Gasteiger partial charge in [0.05, 0.1) is 0 Å². The van der Waals surface area contributed by atoms with E-state index < -0.39 is 0 Å². The Balaban J connectivity index is 2.17. The van der Waals surface area contributed by atoms with E-state index in [1.165, 1.54) is 18.4 Å². The van der Waals surface area contributed by atoms with Crippen molar-refractivity contribution in [3.05, 3.63) is 21.9 Å². The first-order valence-corrected chi connectivity index (χ1v) is 7.28. The molecular formula is C14H23NS. The van der Waals surface area contributed by atoms with Crippen LogP contribution in [-0.2, 0) is 0 Å². The van der Waals surface area contributed by atoms with Crippen LogP contribution in [0.3, 0.4) is 0 Å². The zero-order chi connectivity index (χ0) is 11.8. The molecule has 3 atom stereocenters. The van der Waals surface area contributed by atoms with Crippen molar-refractivity contribution in [2.75, 3.05) is 6.54 Å². The molecule has 0 saturated heterocycles. The Labute approximate surface area is 103 Å². The molecule has 0 spiro atoms. The average Bonchev–Trinajstić information content (AvgIpc) is 2.68. The van der Waals surface area contributed by atoms with Crippen LogP contribution < -0.4 is 5.32 Å². The Morgan fingerprint density at radius 3 is 2.75 bits per heavy atom. The Bertz CT molecular complexity index is 357. The fraction of sp³-hybridized carbons (Fsp3) is 0.714. The van der Waals surface area contributed by atoms with Gasteiger partial charge in [-0.05, 0) is 48.7 Å². The lowest BCUT2D eigenvalue weighted by atomic mass is 9.55. The van der Waals surface area contributed by atoms with Crippen molar-refractivity contribution in [2.45, 2.75) is 52.5 Å². The predicted molar refractivity (Wildman–Crippen MR) is 72.3 cm³/mol. The summed E-state index contributed by atoms with van der Waals surface area (Å²) in [6, 6.07) is 2.98. The normalized spacial score (nSPS) is 33.8. The SMILES string of the molecule is CCNC1CC(c2sccc2C)C1(C)CC. The number of hydrogen-bond acceptors (Lipinski definition) is 2. The molecular weight excluding hydrogens is 214 g/mol. The minimum Gasteiger partial charge on any atom is -0.314 e. The molecule has 1 aromatic heterocycles. The van der Waals surface area contributed by atoms with Gasteiger partial charge in [0.1, 0.15) is 0 Å². The number of rotatable bonds is 4. The van der Waals surface area contributed by atoms with Crippen LogP contribution in [0.2, 0.25) is 0 Å². The molecule has 2 rings (SSSR count). The van der Waals surface area contributed by atoms with Gasteiger partial charge in [-0.25, -0.2) is 0 Å². The number of hydrogen-bond donors (Lipinski definition) is 1. The molecule has 1 aromatic rings. The van der Waals surface area contributed by atoms with Crippen molar-refractivity contribution in [2.24, 2.45) is 5.41 Å². The summed E-state index contributed by atoms with van der Waals surface area (Å²) in [7, 11) is 0. The first-order valence-electron chi connectivity index (χ1n) is 6.40. The van der Waals surface area contributed by atoms with Crippen molar-refractivity contribution in [3.8, 4) is 0 Å². The largest absolute Gasteiger partial charge is 0.314 e. The monoisotopic (exact) mass is 237 g/mol. The van der Waals surface area contributed by atoms with Gasteiger partial charge in [0.25, 0.3) is 0 Å². The highest BCUT2D eigenvalue weighted by atomic mass is 32.1. The minimum absolute atomic E-state index is 0.464. The van der Waals surface area contributed by atoms with E-state index in [4.69, 9.17) is 0 Å². The van der Waals surface area contributed by atoms with Crippen molar-refractivity contribution in [3.63, 3.8) is 0 Å². The Morgan fingerprint density at radius 1 is 1.50 bits per heavy atom. The lowest BCUT2D eigenvalue weighted by molar-refractivity contribution is 0.0472. The summed E-state index contributed by atoms with van der Waals surface area (Å²) < 4.78 is 0. The topological polar surface area (TPSA) is 12.0 Å². The molecule has 0 bridgehead atoms. The summed E-state index contributed by atoms with van der Waals surface area (Å²) in [6.07, 6.45) is 2.59. The molecule has 0 aromatic carbocycles. The van der Waals surface area contributed by atoms with E-state index in [2.05, 4.69) is 44.5 Å². The fourth-order valence-electron chi connectivity index (χ4n) is 3.06. The summed E-state index contributed by atoms with van der Waals surface area (Å²) in [5.74, 6) is 0.779. The third-order valence-electron chi connectivity index (χ3n) is 4.49. The second kappa shape index (κ2) is 4.50. The second-order valence-electron chi connectivity index (χ2n) is 5.23. The highest BCUT2D eigenvalue weighted by Gasteiger charge is 2.51. The van der Waals surface area contributed by atoms with E-state index in [0.717, 1.165) is 12.5 Å². The maximum Gasteiger partial charge on any atom is 0.0133 e. The lowest BCUT2D eigenvalue weighted by Crippen LogP contribution is -2.56. The molecule has 2 heteroatoms. The molecule has 1 nitrogen and oxygen atoms in total. The third kappa shape index (κ3) is 1.72. The maximum absolute atomic E-state index is 3.64. The van der Waals surface area contributed by atoms with Gasteiger partial charge in [0, 0.05) is 16.8 Å². The number of aryl methyl sites for hydroxylation is 1. The second-order valence-corrected chi connectivity index (χ2v) is 6.17. The van der Waals surface area contributed by atoms with Crippen LogP contribution in [-0.4, -0.2) is 12.6 Å².